The summed E-state index contributed by atoms with van der Waals surface area (Å²) >= 11 is 0. The Morgan fingerprint density at radius 1 is 1.45 bits per heavy atom. The molecule has 1 rings (SSSR count). The highest BCUT2D eigenvalue weighted by atomic mass is 15.2. The molecule has 1 fully saturated rings. The van der Waals surface area contributed by atoms with E-state index in [0.29, 0.717) is 5.54 Å². The van der Waals surface area contributed by atoms with E-state index < -0.39 is 0 Å². The molecule has 0 aromatic heterocycles. The summed E-state index contributed by atoms with van der Waals surface area (Å²) in [6.07, 6.45) is 5.61. The molecule has 0 heterocycles. The number of rotatable bonds is 4. The minimum atomic E-state index is 0.551. The van der Waals surface area contributed by atoms with Gasteiger partial charge in [-0.05, 0) is 39.8 Å². The second-order valence-electron chi connectivity index (χ2n) is 4.29. The van der Waals surface area contributed by atoms with Crippen LogP contribution in [0.25, 0.3) is 0 Å². The van der Waals surface area contributed by atoms with E-state index in [0.717, 1.165) is 5.92 Å². The first-order valence-corrected chi connectivity index (χ1v) is 4.78. The van der Waals surface area contributed by atoms with E-state index in [-0.39, 0.29) is 0 Å². The van der Waals surface area contributed by atoms with Crippen LogP contribution in [0.3, 0.4) is 0 Å². The van der Waals surface area contributed by atoms with Crippen molar-refractivity contribution in [3.63, 3.8) is 0 Å². The van der Waals surface area contributed by atoms with Crippen molar-refractivity contribution in [2.24, 2.45) is 5.92 Å². The average Bonchev–Trinajstić information content (AvgIpc) is 2.59. The first kappa shape index (κ1) is 9.05. The molecule has 0 bridgehead atoms. The molecule has 0 aromatic rings. The van der Waals surface area contributed by atoms with Gasteiger partial charge in [0.1, 0.15) is 0 Å². The van der Waals surface area contributed by atoms with Gasteiger partial charge < -0.3 is 4.90 Å². The molecule has 0 amide bonds. The summed E-state index contributed by atoms with van der Waals surface area (Å²) in [4.78, 5) is 2.38. The highest BCUT2D eigenvalue weighted by Crippen LogP contribution is 2.49. The third-order valence-electron chi connectivity index (χ3n) is 3.31. The maximum atomic E-state index is 2.38. The average molecular weight is 155 g/mol. The van der Waals surface area contributed by atoms with Crippen molar-refractivity contribution in [2.45, 2.75) is 45.1 Å². The van der Waals surface area contributed by atoms with Gasteiger partial charge in [-0.2, -0.15) is 0 Å². The first-order chi connectivity index (χ1) is 5.11. The van der Waals surface area contributed by atoms with E-state index in [1.54, 1.807) is 0 Å². The minimum Gasteiger partial charge on any atom is -0.304 e. The number of nitrogens with zero attached hydrogens (tertiary/aromatic N) is 1. The van der Waals surface area contributed by atoms with E-state index in [4.69, 9.17) is 0 Å². The molecule has 2 atom stereocenters. The van der Waals surface area contributed by atoms with Gasteiger partial charge in [0, 0.05) is 5.54 Å². The lowest BCUT2D eigenvalue weighted by Gasteiger charge is -2.20. The monoisotopic (exact) mass is 155 g/mol. The maximum absolute atomic E-state index is 2.38. The van der Waals surface area contributed by atoms with Crippen molar-refractivity contribution < 1.29 is 0 Å². The SMILES string of the molecule is CCCC[C@@H]1C[C@@]1(C)N(C)C. The molecule has 0 spiro atoms. The Labute approximate surface area is 70.8 Å². The van der Waals surface area contributed by atoms with Crippen LogP contribution in [0.15, 0.2) is 0 Å². The Morgan fingerprint density at radius 2 is 2.09 bits per heavy atom. The Morgan fingerprint density at radius 3 is 2.45 bits per heavy atom. The van der Waals surface area contributed by atoms with Gasteiger partial charge in [0.25, 0.3) is 0 Å². The lowest BCUT2D eigenvalue weighted by atomic mass is 10.1. The van der Waals surface area contributed by atoms with Gasteiger partial charge in [0.2, 0.25) is 0 Å². The number of hydrogen-bond donors (Lipinski definition) is 0. The third kappa shape index (κ3) is 1.76. The summed E-state index contributed by atoms with van der Waals surface area (Å²) in [7, 11) is 4.40. The van der Waals surface area contributed by atoms with Gasteiger partial charge in [-0.1, -0.05) is 19.8 Å². The van der Waals surface area contributed by atoms with Crippen LogP contribution in [0.4, 0.5) is 0 Å². The van der Waals surface area contributed by atoms with E-state index in [1.807, 2.05) is 0 Å². The molecule has 0 saturated heterocycles. The van der Waals surface area contributed by atoms with Crippen molar-refractivity contribution >= 4 is 0 Å². The lowest BCUT2D eigenvalue weighted by molar-refractivity contribution is 0.266. The summed E-state index contributed by atoms with van der Waals surface area (Å²) in [5, 5.41) is 0. The van der Waals surface area contributed by atoms with Gasteiger partial charge in [-0.25, -0.2) is 0 Å². The molecule has 11 heavy (non-hydrogen) atoms. The summed E-state index contributed by atoms with van der Waals surface area (Å²) in [6, 6.07) is 0. The van der Waals surface area contributed by atoms with Gasteiger partial charge in [0.15, 0.2) is 0 Å². The molecule has 0 aliphatic heterocycles. The Balaban J connectivity index is 2.23. The van der Waals surface area contributed by atoms with Gasteiger partial charge in [-0.3, -0.25) is 0 Å². The molecule has 0 aromatic carbocycles. The molecule has 0 radical (unpaired) electrons. The van der Waals surface area contributed by atoms with Crippen LogP contribution in [0.1, 0.15) is 39.5 Å². The van der Waals surface area contributed by atoms with Crippen LogP contribution in [0, 0.1) is 5.92 Å². The quantitative estimate of drug-likeness (QED) is 0.603. The molecular weight excluding hydrogens is 134 g/mol. The van der Waals surface area contributed by atoms with Crippen LogP contribution >= 0.6 is 0 Å². The van der Waals surface area contributed by atoms with E-state index in [1.165, 1.54) is 25.7 Å². The highest BCUT2D eigenvalue weighted by molar-refractivity contribution is 5.06. The van der Waals surface area contributed by atoms with E-state index in [9.17, 15) is 0 Å². The Kier molecular flexibility index (Phi) is 2.58. The molecule has 0 unspecified atom stereocenters. The number of hydrogen-bond acceptors (Lipinski definition) is 1. The fourth-order valence-electron chi connectivity index (χ4n) is 1.85. The zero-order chi connectivity index (χ0) is 8.48. The van der Waals surface area contributed by atoms with Gasteiger partial charge in [0.05, 0.1) is 0 Å². The number of unbranched alkanes of at least 4 members (excludes halogenated alkanes) is 1. The van der Waals surface area contributed by atoms with Crippen LogP contribution in [-0.2, 0) is 0 Å². The van der Waals surface area contributed by atoms with Gasteiger partial charge in [-0.15, -0.1) is 0 Å². The molecule has 66 valence electrons. The Hall–Kier alpha value is -0.0400. The topological polar surface area (TPSA) is 3.24 Å². The molecule has 1 heteroatoms. The van der Waals surface area contributed by atoms with Crippen molar-refractivity contribution in [2.75, 3.05) is 14.1 Å². The second-order valence-corrected chi connectivity index (χ2v) is 4.29. The van der Waals surface area contributed by atoms with Crippen molar-refractivity contribution in [1.29, 1.82) is 0 Å². The van der Waals surface area contributed by atoms with E-state index in [2.05, 4.69) is 32.8 Å². The molecular formula is C10H21N. The fraction of sp³-hybridized carbons (Fsp3) is 1.00. The van der Waals surface area contributed by atoms with Crippen LogP contribution < -0.4 is 0 Å². The largest absolute Gasteiger partial charge is 0.304 e. The van der Waals surface area contributed by atoms with Crippen molar-refractivity contribution in [1.82, 2.24) is 4.90 Å². The summed E-state index contributed by atoms with van der Waals surface area (Å²) < 4.78 is 0. The van der Waals surface area contributed by atoms with Crippen molar-refractivity contribution in [3.8, 4) is 0 Å². The lowest BCUT2D eigenvalue weighted by Crippen LogP contribution is -2.28. The molecule has 1 saturated carbocycles. The first-order valence-electron chi connectivity index (χ1n) is 4.78. The zero-order valence-electron chi connectivity index (χ0n) is 8.35. The second kappa shape index (κ2) is 3.14. The smallest absolute Gasteiger partial charge is 0.0207 e. The molecule has 1 nitrogen and oxygen atoms in total. The normalized spacial score (nSPS) is 36.3. The predicted octanol–water partition coefficient (Wildman–Crippen LogP) is 2.52. The summed E-state index contributed by atoms with van der Waals surface area (Å²) in [5.74, 6) is 0.984. The summed E-state index contributed by atoms with van der Waals surface area (Å²) in [5.41, 5.74) is 0.551. The maximum Gasteiger partial charge on any atom is 0.0207 e. The molecule has 1 aliphatic carbocycles. The zero-order valence-corrected chi connectivity index (χ0v) is 8.35. The predicted molar refractivity (Wildman–Crippen MR) is 49.7 cm³/mol. The molecule has 0 N–H and O–H groups in total. The van der Waals surface area contributed by atoms with Gasteiger partial charge >= 0.3 is 0 Å². The van der Waals surface area contributed by atoms with E-state index >= 15 is 0 Å². The fourth-order valence-corrected chi connectivity index (χ4v) is 1.85. The molecule has 1 aliphatic rings. The van der Waals surface area contributed by atoms with Crippen LogP contribution in [0.5, 0.6) is 0 Å². The highest BCUT2D eigenvalue weighted by Gasteiger charge is 2.50. The third-order valence-corrected chi connectivity index (χ3v) is 3.31. The Bertz CT molecular complexity index is 131. The minimum absolute atomic E-state index is 0.551. The van der Waals surface area contributed by atoms with Crippen LogP contribution in [0.2, 0.25) is 0 Å². The van der Waals surface area contributed by atoms with Crippen molar-refractivity contribution in [3.05, 3.63) is 0 Å². The summed E-state index contributed by atoms with van der Waals surface area (Å²) in [6.45, 7) is 4.66. The standard InChI is InChI=1S/C10H21N/c1-5-6-7-9-8-10(9,2)11(3)4/h9H,5-8H2,1-4H3/t9-,10-/m1/s1. The van der Waals surface area contributed by atoms with Crippen LogP contribution in [-0.4, -0.2) is 24.5 Å².